The van der Waals surface area contributed by atoms with Crippen molar-refractivity contribution in [2.24, 2.45) is 0 Å². The van der Waals surface area contributed by atoms with Crippen molar-refractivity contribution in [3.8, 4) is 0 Å². The molecule has 1 aromatic rings. The van der Waals surface area contributed by atoms with Gasteiger partial charge in [-0.15, -0.1) is 0 Å². The minimum absolute atomic E-state index is 0.0418. The lowest BCUT2D eigenvalue weighted by Gasteiger charge is -2.06. The summed E-state index contributed by atoms with van der Waals surface area (Å²) in [6, 6.07) is 3.33. The Labute approximate surface area is 104 Å². The zero-order valence-corrected chi connectivity index (χ0v) is 11.0. The van der Waals surface area contributed by atoms with E-state index in [1.165, 1.54) is 0 Å². The van der Waals surface area contributed by atoms with Gasteiger partial charge in [-0.25, -0.2) is 0 Å². The zero-order chi connectivity index (χ0) is 11.8. The molecule has 1 rings (SSSR count). The molecule has 0 aliphatic rings. The Morgan fingerprint density at radius 3 is 3.00 bits per heavy atom. The lowest BCUT2D eigenvalue weighted by atomic mass is 10.4. The summed E-state index contributed by atoms with van der Waals surface area (Å²) in [6.45, 7) is 3.20. The van der Waals surface area contributed by atoms with Gasteiger partial charge in [0.25, 0.3) is 5.56 Å². The topological polar surface area (TPSA) is 43.3 Å². The van der Waals surface area contributed by atoms with Gasteiger partial charge in [0.1, 0.15) is 0 Å². The normalized spacial score (nSPS) is 10.6. The summed E-state index contributed by atoms with van der Waals surface area (Å²) in [7, 11) is 1.68. The fraction of sp³-hybridized carbons (Fsp3) is 0.545. The smallest absolute Gasteiger partial charge is 0.250 e. The molecule has 0 aromatic carbocycles. The lowest BCUT2D eigenvalue weighted by molar-refractivity contribution is 0.199. The third-order valence-electron chi connectivity index (χ3n) is 2.18. The molecule has 0 atom stereocenters. The molecule has 90 valence electrons. The van der Waals surface area contributed by atoms with Crippen LogP contribution >= 0.6 is 15.9 Å². The minimum Gasteiger partial charge on any atom is -0.383 e. The molecule has 4 nitrogen and oxygen atoms in total. The second-order valence-electron chi connectivity index (χ2n) is 3.48. The van der Waals surface area contributed by atoms with E-state index in [-0.39, 0.29) is 5.56 Å². The largest absolute Gasteiger partial charge is 0.383 e. The number of aromatic nitrogens is 1. The second kappa shape index (κ2) is 7.60. The third kappa shape index (κ3) is 4.92. The molecule has 5 heteroatoms. The molecule has 0 unspecified atom stereocenters. The van der Waals surface area contributed by atoms with Crippen LogP contribution in [-0.2, 0) is 11.3 Å². The van der Waals surface area contributed by atoms with Crippen molar-refractivity contribution in [1.82, 2.24) is 9.88 Å². The van der Waals surface area contributed by atoms with Crippen molar-refractivity contribution in [3.63, 3.8) is 0 Å². The van der Waals surface area contributed by atoms with Gasteiger partial charge >= 0.3 is 0 Å². The molecule has 0 aliphatic carbocycles. The van der Waals surface area contributed by atoms with Crippen molar-refractivity contribution >= 4 is 15.9 Å². The van der Waals surface area contributed by atoms with Crippen LogP contribution in [-0.4, -0.2) is 31.4 Å². The summed E-state index contributed by atoms with van der Waals surface area (Å²) in [5, 5.41) is 3.24. The van der Waals surface area contributed by atoms with Crippen molar-refractivity contribution in [1.29, 1.82) is 0 Å². The van der Waals surface area contributed by atoms with Gasteiger partial charge in [0, 0.05) is 36.9 Å². The van der Waals surface area contributed by atoms with E-state index in [1.54, 1.807) is 23.8 Å². The summed E-state index contributed by atoms with van der Waals surface area (Å²) in [4.78, 5) is 11.4. The van der Waals surface area contributed by atoms with Crippen molar-refractivity contribution in [2.75, 3.05) is 26.8 Å². The molecule has 1 N–H and O–H groups in total. The molecular weight excluding hydrogens is 272 g/mol. The van der Waals surface area contributed by atoms with Gasteiger partial charge in [-0.3, -0.25) is 4.79 Å². The number of rotatable bonds is 7. The van der Waals surface area contributed by atoms with Crippen molar-refractivity contribution in [2.45, 2.75) is 13.0 Å². The number of hydrogen-bond donors (Lipinski definition) is 1. The SMILES string of the molecule is COCCNCCCn1cc(Br)ccc1=O. The summed E-state index contributed by atoms with van der Waals surface area (Å²) in [5.41, 5.74) is 0.0418. The van der Waals surface area contributed by atoms with Gasteiger partial charge in [-0.05, 0) is 35.0 Å². The van der Waals surface area contributed by atoms with E-state index >= 15 is 0 Å². The highest BCUT2D eigenvalue weighted by molar-refractivity contribution is 9.10. The Morgan fingerprint density at radius 1 is 1.44 bits per heavy atom. The van der Waals surface area contributed by atoms with E-state index in [9.17, 15) is 4.79 Å². The van der Waals surface area contributed by atoms with Crippen LogP contribution in [0.5, 0.6) is 0 Å². The first-order chi connectivity index (χ1) is 7.74. The highest BCUT2D eigenvalue weighted by Gasteiger charge is 1.96. The molecular formula is C11H17BrN2O2. The zero-order valence-electron chi connectivity index (χ0n) is 9.41. The average Bonchev–Trinajstić information content (AvgIpc) is 2.28. The number of pyridine rings is 1. The van der Waals surface area contributed by atoms with Crippen LogP contribution in [0.3, 0.4) is 0 Å². The van der Waals surface area contributed by atoms with Gasteiger partial charge in [0.05, 0.1) is 6.61 Å². The number of ether oxygens (including phenoxy) is 1. The summed E-state index contributed by atoms with van der Waals surface area (Å²) in [6.07, 6.45) is 2.75. The Bertz CT molecular complexity index is 365. The van der Waals surface area contributed by atoms with E-state index in [1.807, 2.05) is 6.20 Å². The van der Waals surface area contributed by atoms with E-state index in [2.05, 4.69) is 21.2 Å². The van der Waals surface area contributed by atoms with E-state index in [0.29, 0.717) is 0 Å². The predicted octanol–water partition coefficient (Wildman–Crippen LogP) is 1.24. The van der Waals surface area contributed by atoms with E-state index < -0.39 is 0 Å². The third-order valence-corrected chi connectivity index (χ3v) is 2.65. The predicted molar refractivity (Wildman–Crippen MR) is 67.8 cm³/mol. The number of nitrogens with one attached hydrogen (secondary N) is 1. The number of halogens is 1. The van der Waals surface area contributed by atoms with Crippen LogP contribution in [0.2, 0.25) is 0 Å². The molecule has 0 bridgehead atoms. The van der Waals surface area contributed by atoms with E-state index in [4.69, 9.17) is 4.74 Å². The standard InChI is InChI=1S/C11H17BrN2O2/c1-16-8-6-13-5-2-7-14-9-10(12)3-4-11(14)15/h3-4,9,13H,2,5-8H2,1H3. The highest BCUT2D eigenvalue weighted by Crippen LogP contribution is 2.04. The average molecular weight is 289 g/mol. The fourth-order valence-electron chi connectivity index (χ4n) is 1.35. The van der Waals surface area contributed by atoms with Crippen molar-refractivity contribution in [3.05, 3.63) is 33.2 Å². The van der Waals surface area contributed by atoms with Gasteiger partial charge in [-0.2, -0.15) is 0 Å². The minimum atomic E-state index is 0.0418. The number of nitrogens with zero attached hydrogens (tertiary/aromatic N) is 1. The first-order valence-corrected chi connectivity index (χ1v) is 6.09. The maximum Gasteiger partial charge on any atom is 0.250 e. The Morgan fingerprint density at radius 2 is 2.25 bits per heavy atom. The Kier molecular flexibility index (Phi) is 6.37. The summed E-state index contributed by atoms with van der Waals surface area (Å²) >= 11 is 3.35. The molecule has 0 radical (unpaired) electrons. The molecule has 16 heavy (non-hydrogen) atoms. The molecule has 1 heterocycles. The van der Waals surface area contributed by atoms with Gasteiger partial charge in [0.15, 0.2) is 0 Å². The van der Waals surface area contributed by atoms with Crippen LogP contribution in [0.1, 0.15) is 6.42 Å². The summed E-state index contributed by atoms with van der Waals surface area (Å²) < 4.78 is 7.56. The molecule has 0 spiro atoms. The Balaban J connectivity index is 2.26. The van der Waals surface area contributed by atoms with Crippen LogP contribution in [0, 0.1) is 0 Å². The highest BCUT2D eigenvalue weighted by atomic mass is 79.9. The molecule has 0 fully saturated rings. The molecule has 0 saturated carbocycles. The number of hydrogen-bond acceptors (Lipinski definition) is 3. The van der Waals surface area contributed by atoms with Gasteiger partial charge < -0.3 is 14.6 Å². The fourth-order valence-corrected chi connectivity index (χ4v) is 1.73. The monoisotopic (exact) mass is 288 g/mol. The number of aryl methyl sites for hydroxylation is 1. The molecule has 0 aliphatic heterocycles. The maximum atomic E-state index is 11.4. The van der Waals surface area contributed by atoms with Crippen LogP contribution < -0.4 is 10.9 Å². The van der Waals surface area contributed by atoms with E-state index in [0.717, 1.165) is 37.1 Å². The lowest BCUT2D eigenvalue weighted by Crippen LogP contribution is -2.24. The first kappa shape index (κ1) is 13.4. The van der Waals surface area contributed by atoms with Crippen LogP contribution in [0.25, 0.3) is 0 Å². The molecule has 0 amide bonds. The van der Waals surface area contributed by atoms with Crippen molar-refractivity contribution < 1.29 is 4.74 Å². The Hall–Kier alpha value is -0.650. The van der Waals surface area contributed by atoms with Gasteiger partial charge in [-0.1, -0.05) is 0 Å². The molecule has 1 aromatic heterocycles. The van der Waals surface area contributed by atoms with Gasteiger partial charge in [0.2, 0.25) is 0 Å². The summed E-state index contributed by atoms with van der Waals surface area (Å²) in [5.74, 6) is 0. The van der Waals surface area contributed by atoms with Crippen LogP contribution in [0.4, 0.5) is 0 Å². The van der Waals surface area contributed by atoms with Crippen LogP contribution in [0.15, 0.2) is 27.6 Å². The first-order valence-electron chi connectivity index (χ1n) is 5.29. The quantitative estimate of drug-likeness (QED) is 0.768. The number of methoxy groups -OCH3 is 1. The maximum absolute atomic E-state index is 11.4. The second-order valence-corrected chi connectivity index (χ2v) is 4.39. The molecule has 0 saturated heterocycles.